The Balaban J connectivity index is 1.55. The van der Waals surface area contributed by atoms with Crippen molar-refractivity contribution in [3.63, 3.8) is 0 Å². The third kappa shape index (κ3) is 3.63. The van der Waals surface area contributed by atoms with Crippen molar-refractivity contribution in [1.82, 2.24) is 0 Å². The van der Waals surface area contributed by atoms with E-state index < -0.39 is 14.9 Å². The second-order valence-corrected chi connectivity index (χ2v) is 17.8. The van der Waals surface area contributed by atoms with Crippen molar-refractivity contribution in [1.29, 1.82) is 21.0 Å². The van der Waals surface area contributed by atoms with E-state index in [1.54, 1.807) is 12.1 Å². The Morgan fingerprint density at radius 3 is 1.72 bits per heavy atom. The molecule has 0 atom stereocenters. The molecule has 0 spiro atoms. The van der Waals surface area contributed by atoms with Gasteiger partial charge in [0, 0.05) is 28.2 Å². The van der Waals surface area contributed by atoms with Gasteiger partial charge in [-0.25, -0.2) is 0 Å². The topological polar surface area (TPSA) is 102 Å². The summed E-state index contributed by atoms with van der Waals surface area (Å²) in [6.07, 6.45) is 0. The Kier molecular flexibility index (Phi) is 5.88. The lowest BCUT2D eigenvalue weighted by Crippen LogP contribution is -2.67. The summed E-state index contributed by atoms with van der Waals surface area (Å²) in [6, 6.07) is 40.0. The van der Waals surface area contributed by atoms with Gasteiger partial charge in [0.15, 0.2) is 0 Å². The Bertz CT molecular complexity index is 2320. The van der Waals surface area contributed by atoms with Crippen molar-refractivity contribution < 1.29 is 0 Å². The SMILES string of the molecule is CC1(C)c2ccccc2N2c3ccccc3B(N3c4c(C#N)cc(C#N)cc4[Si](C)(C)c4cc(C#N)cc(C#N)c43)c3cccc1c32. The largest absolute Gasteiger partial charge is 0.375 e. The maximum absolute atomic E-state index is 10.7. The van der Waals surface area contributed by atoms with Crippen LogP contribution in [0.15, 0.2) is 91.0 Å². The molecule has 0 aromatic heterocycles. The maximum atomic E-state index is 10.7. The third-order valence-electron chi connectivity index (χ3n) is 10.4. The van der Waals surface area contributed by atoms with E-state index in [1.807, 2.05) is 18.2 Å². The molecule has 5 aromatic rings. The highest BCUT2D eigenvalue weighted by atomic mass is 28.3. The minimum absolute atomic E-state index is 0.291. The van der Waals surface area contributed by atoms with Crippen molar-refractivity contribution in [3.05, 3.63) is 124 Å². The third-order valence-corrected chi connectivity index (χ3v) is 13.8. The van der Waals surface area contributed by atoms with Crippen molar-refractivity contribution in [2.75, 3.05) is 9.71 Å². The van der Waals surface area contributed by atoms with E-state index in [2.05, 4.69) is 122 Å². The maximum Gasteiger partial charge on any atom is 0.332 e. The number of nitrogens with zero attached hydrogens (tertiary/aromatic N) is 6. The summed E-state index contributed by atoms with van der Waals surface area (Å²) in [5.41, 5.74) is 10.6. The second kappa shape index (κ2) is 9.72. The van der Waals surface area contributed by atoms with Crippen LogP contribution >= 0.6 is 0 Å². The molecule has 0 saturated carbocycles. The van der Waals surface area contributed by atoms with Gasteiger partial charge in [-0.1, -0.05) is 81.5 Å². The number of hydrogen-bond donors (Lipinski definition) is 0. The number of anilines is 5. The van der Waals surface area contributed by atoms with Crippen LogP contribution < -0.4 is 31.0 Å². The van der Waals surface area contributed by atoms with Crippen molar-refractivity contribution in [2.45, 2.75) is 32.4 Å². The summed E-state index contributed by atoms with van der Waals surface area (Å²) >= 11 is 0. The minimum atomic E-state index is -2.66. The Labute approximate surface area is 275 Å². The van der Waals surface area contributed by atoms with Gasteiger partial charge in [0.05, 0.1) is 40.1 Å². The molecule has 47 heavy (non-hydrogen) atoms. The first-order chi connectivity index (χ1) is 22.7. The number of hydrogen-bond acceptors (Lipinski definition) is 6. The molecule has 8 rings (SSSR count). The van der Waals surface area contributed by atoms with Crippen LogP contribution in [0.2, 0.25) is 13.1 Å². The Morgan fingerprint density at radius 1 is 0.596 bits per heavy atom. The monoisotopic (exact) mass is 618 g/mol. The van der Waals surface area contributed by atoms with Crippen LogP contribution in [-0.2, 0) is 5.41 Å². The minimum Gasteiger partial charge on any atom is -0.375 e. The van der Waals surface area contributed by atoms with Gasteiger partial charge in [-0.05, 0) is 68.8 Å². The summed E-state index contributed by atoms with van der Waals surface area (Å²) in [7, 11) is -2.66. The fourth-order valence-corrected chi connectivity index (χ4v) is 11.2. The molecule has 0 unspecified atom stereocenters. The highest BCUT2D eigenvalue weighted by Crippen LogP contribution is 2.52. The predicted molar refractivity (Wildman–Crippen MR) is 189 cm³/mol. The molecule has 0 bridgehead atoms. The van der Waals surface area contributed by atoms with Gasteiger partial charge in [-0.3, -0.25) is 0 Å². The Morgan fingerprint density at radius 2 is 1.13 bits per heavy atom. The molecule has 3 aliphatic heterocycles. The van der Waals surface area contributed by atoms with Crippen molar-refractivity contribution in [3.8, 4) is 24.3 Å². The summed E-state index contributed by atoms with van der Waals surface area (Å²) in [5.74, 6) is 0. The molecule has 0 N–H and O–H groups in total. The van der Waals surface area contributed by atoms with Crippen molar-refractivity contribution in [2.24, 2.45) is 0 Å². The predicted octanol–water partition coefficient (Wildman–Crippen LogP) is 5.68. The average molecular weight is 619 g/mol. The van der Waals surface area contributed by atoms with Crippen LogP contribution in [0.25, 0.3) is 0 Å². The second-order valence-electron chi connectivity index (χ2n) is 13.5. The molecule has 220 valence electrons. The van der Waals surface area contributed by atoms with Gasteiger partial charge in [0.25, 0.3) is 0 Å². The summed E-state index contributed by atoms with van der Waals surface area (Å²) in [6.45, 7) is 8.46. The van der Waals surface area contributed by atoms with Crippen LogP contribution in [0.5, 0.6) is 0 Å². The highest BCUT2D eigenvalue weighted by Gasteiger charge is 2.50. The van der Waals surface area contributed by atoms with Crippen molar-refractivity contribution >= 4 is 64.7 Å². The zero-order chi connectivity index (χ0) is 32.8. The first-order valence-electron chi connectivity index (χ1n) is 15.6. The van der Waals surface area contributed by atoms with E-state index in [1.165, 1.54) is 11.1 Å². The zero-order valence-corrected chi connectivity index (χ0v) is 27.4. The van der Waals surface area contributed by atoms with Gasteiger partial charge in [0.2, 0.25) is 0 Å². The standard InChI is InChI=1S/C39H27BN6Si/c1-39(2)28-10-5-7-14-32(28)45-33-15-8-6-12-30(33)40(31-13-9-11-29(39)38(31)45)46-36-26(22-43)16-24(20-41)18-34(36)47(3,4)35-19-25(21-42)17-27(23-44)37(35)46/h5-19H,1-4H3. The van der Waals surface area contributed by atoms with Gasteiger partial charge < -0.3 is 9.71 Å². The van der Waals surface area contributed by atoms with E-state index in [4.69, 9.17) is 0 Å². The lowest BCUT2D eigenvalue weighted by Gasteiger charge is -2.50. The van der Waals surface area contributed by atoms with Crippen LogP contribution in [-0.4, -0.2) is 14.9 Å². The number of nitriles is 4. The fourth-order valence-electron chi connectivity index (χ4n) is 8.17. The molecule has 8 heteroatoms. The van der Waals surface area contributed by atoms with Crippen LogP contribution in [0.4, 0.5) is 28.4 Å². The normalized spacial score (nSPS) is 15.4. The quantitative estimate of drug-likeness (QED) is 0.224. The number of para-hydroxylation sites is 3. The smallest absolute Gasteiger partial charge is 0.332 e. The van der Waals surface area contributed by atoms with Crippen LogP contribution in [0.3, 0.4) is 0 Å². The van der Waals surface area contributed by atoms with Gasteiger partial charge in [0.1, 0.15) is 20.2 Å². The molecule has 0 saturated heterocycles. The molecular formula is C39H27BN6Si. The summed E-state index contributed by atoms with van der Waals surface area (Å²) in [5, 5.41) is 43.3. The number of rotatable bonds is 1. The molecule has 0 radical (unpaired) electrons. The first kappa shape index (κ1) is 28.4. The van der Waals surface area contributed by atoms with Gasteiger partial charge in [-0.15, -0.1) is 0 Å². The number of fused-ring (bicyclic) bond motifs is 6. The molecule has 6 nitrogen and oxygen atoms in total. The average Bonchev–Trinajstić information content (AvgIpc) is 3.09. The molecule has 0 amide bonds. The molecule has 3 aliphatic rings. The Hall–Kier alpha value is -6.06. The van der Waals surface area contributed by atoms with Crippen LogP contribution in [0, 0.1) is 45.3 Å². The van der Waals surface area contributed by atoms with Gasteiger partial charge in [-0.2, -0.15) is 21.0 Å². The summed E-state index contributed by atoms with van der Waals surface area (Å²) < 4.78 is 0. The number of benzene rings is 5. The van der Waals surface area contributed by atoms with Gasteiger partial charge >= 0.3 is 6.85 Å². The zero-order valence-electron chi connectivity index (χ0n) is 26.4. The van der Waals surface area contributed by atoms with E-state index in [-0.39, 0.29) is 5.41 Å². The molecule has 0 aliphatic carbocycles. The summed E-state index contributed by atoms with van der Waals surface area (Å²) in [4.78, 5) is 4.55. The molecular weight excluding hydrogens is 591 g/mol. The van der Waals surface area contributed by atoms with Crippen LogP contribution in [0.1, 0.15) is 47.2 Å². The van der Waals surface area contributed by atoms with E-state index in [0.29, 0.717) is 22.3 Å². The lowest BCUT2D eigenvalue weighted by atomic mass is 9.45. The van der Waals surface area contributed by atoms with E-state index >= 15 is 0 Å². The molecule has 3 heterocycles. The molecule has 5 aromatic carbocycles. The lowest BCUT2D eigenvalue weighted by molar-refractivity contribution is 0.632. The fraction of sp³-hybridized carbons (Fsp3) is 0.128. The highest BCUT2D eigenvalue weighted by molar-refractivity contribution is 7.04. The first-order valence-corrected chi connectivity index (χ1v) is 18.6. The van der Waals surface area contributed by atoms with E-state index in [0.717, 1.165) is 49.7 Å². The van der Waals surface area contributed by atoms with E-state index in [9.17, 15) is 21.0 Å². The molecule has 0 fully saturated rings.